The Labute approximate surface area is 154 Å². The van der Waals surface area contributed by atoms with Crippen molar-refractivity contribution >= 4 is 0 Å². The van der Waals surface area contributed by atoms with Crippen LogP contribution in [-0.4, -0.2) is 74.2 Å². The van der Waals surface area contributed by atoms with Crippen molar-refractivity contribution in [2.24, 2.45) is 5.92 Å². The SMILES string of the molecule is CC(C)OCCC(C1CCC(OC2CN(OC(C)C)C2)CC1)N(C)C. The van der Waals surface area contributed by atoms with E-state index in [-0.39, 0.29) is 6.10 Å². The van der Waals surface area contributed by atoms with Crippen LogP contribution in [0.5, 0.6) is 0 Å². The first-order valence-electron chi connectivity index (χ1n) is 10.2. The lowest BCUT2D eigenvalue weighted by Gasteiger charge is -2.42. The zero-order valence-electron chi connectivity index (χ0n) is 17.2. The Bertz CT molecular complexity index is 362. The summed E-state index contributed by atoms with van der Waals surface area (Å²) in [7, 11) is 4.42. The second kappa shape index (κ2) is 10.2. The number of hydroxylamine groups is 2. The molecule has 0 bridgehead atoms. The van der Waals surface area contributed by atoms with E-state index in [2.05, 4.69) is 46.7 Å². The molecule has 1 saturated carbocycles. The number of hydrogen-bond donors (Lipinski definition) is 0. The predicted molar refractivity (Wildman–Crippen MR) is 102 cm³/mol. The molecule has 1 aliphatic carbocycles. The Kier molecular flexibility index (Phi) is 8.62. The van der Waals surface area contributed by atoms with Gasteiger partial charge in [-0.25, -0.2) is 0 Å². The topological polar surface area (TPSA) is 34.2 Å². The van der Waals surface area contributed by atoms with E-state index >= 15 is 0 Å². The quantitative estimate of drug-likeness (QED) is 0.600. The molecule has 1 saturated heterocycles. The molecule has 5 nitrogen and oxygen atoms in total. The normalized spacial score (nSPS) is 27.2. The molecule has 0 radical (unpaired) electrons. The molecule has 0 aromatic heterocycles. The lowest BCUT2D eigenvalue weighted by atomic mass is 9.81. The van der Waals surface area contributed by atoms with Crippen molar-refractivity contribution in [3.63, 3.8) is 0 Å². The molecule has 1 aliphatic heterocycles. The second-order valence-corrected chi connectivity index (χ2v) is 8.54. The third kappa shape index (κ3) is 7.14. The number of rotatable bonds is 10. The van der Waals surface area contributed by atoms with Crippen molar-refractivity contribution in [1.29, 1.82) is 0 Å². The fourth-order valence-corrected chi connectivity index (χ4v) is 4.09. The summed E-state index contributed by atoms with van der Waals surface area (Å²) in [6.45, 7) is 11.1. The molecule has 2 rings (SSSR count). The molecule has 0 N–H and O–H groups in total. The fraction of sp³-hybridized carbons (Fsp3) is 1.00. The smallest absolute Gasteiger partial charge is 0.0879 e. The molecular weight excluding hydrogens is 316 g/mol. The molecule has 25 heavy (non-hydrogen) atoms. The largest absolute Gasteiger partial charge is 0.379 e. The summed E-state index contributed by atoms with van der Waals surface area (Å²) < 4.78 is 12.1. The Morgan fingerprint density at radius 1 is 0.920 bits per heavy atom. The van der Waals surface area contributed by atoms with Gasteiger partial charge in [-0.3, -0.25) is 4.84 Å². The van der Waals surface area contributed by atoms with Crippen LogP contribution in [0.25, 0.3) is 0 Å². The van der Waals surface area contributed by atoms with Gasteiger partial charge in [0.25, 0.3) is 0 Å². The minimum Gasteiger partial charge on any atom is -0.379 e. The molecule has 0 amide bonds. The highest BCUT2D eigenvalue weighted by Crippen LogP contribution is 2.33. The van der Waals surface area contributed by atoms with Crippen LogP contribution < -0.4 is 0 Å². The fourth-order valence-electron chi connectivity index (χ4n) is 4.09. The zero-order valence-corrected chi connectivity index (χ0v) is 17.2. The first kappa shape index (κ1) is 21.1. The van der Waals surface area contributed by atoms with Gasteiger partial charge in [-0.05, 0) is 79.8 Å². The third-order valence-corrected chi connectivity index (χ3v) is 5.35. The van der Waals surface area contributed by atoms with Crippen LogP contribution >= 0.6 is 0 Å². The molecule has 2 aliphatic rings. The van der Waals surface area contributed by atoms with Gasteiger partial charge < -0.3 is 14.4 Å². The summed E-state index contributed by atoms with van der Waals surface area (Å²) in [5.74, 6) is 0.771. The molecule has 0 aromatic carbocycles. The number of hydrogen-bond acceptors (Lipinski definition) is 5. The molecule has 1 unspecified atom stereocenters. The highest BCUT2D eigenvalue weighted by Gasteiger charge is 2.34. The van der Waals surface area contributed by atoms with Gasteiger partial charge in [-0.2, -0.15) is 5.06 Å². The van der Waals surface area contributed by atoms with Gasteiger partial charge in [0, 0.05) is 12.6 Å². The maximum absolute atomic E-state index is 6.28. The van der Waals surface area contributed by atoms with Crippen LogP contribution in [0.2, 0.25) is 0 Å². The van der Waals surface area contributed by atoms with Crippen LogP contribution in [0.4, 0.5) is 0 Å². The molecule has 2 fully saturated rings. The summed E-state index contributed by atoms with van der Waals surface area (Å²) in [4.78, 5) is 8.06. The Morgan fingerprint density at radius 3 is 2.08 bits per heavy atom. The van der Waals surface area contributed by atoms with Crippen LogP contribution in [0.3, 0.4) is 0 Å². The van der Waals surface area contributed by atoms with Crippen LogP contribution in [0.1, 0.15) is 59.8 Å². The number of nitrogens with zero attached hydrogens (tertiary/aromatic N) is 2. The first-order chi connectivity index (χ1) is 11.8. The van der Waals surface area contributed by atoms with E-state index in [1.54, 1.807) is 0 Å². The molecule has 1 atom stereocenters. The van der Waals surface area contributed by atoms with E-state index in [9.17, 15) is 0 Å². The standard InChI is InChI=1S/C20H40N2O3/c1-15(2)23-12-11-20(21(5)6)17-7-9-18(10-8-17)24-19-13-22(14-19)25-16(3)4/h15-20H,7-14H2,1-6H3. The van der Waals surface area contributed by atoms with E-state index in [4.69, 9.17) is 14.3 Å². The van der Waals surface area contributed by atoms with Gasteiger partial charge in [-0.1, -0.05) is 0 Å². The maximum atomic E-state index is 6.28. The van der Waals surface area contributed by atoms with Crippen molar-refractivity contribution < 1.29 is 14.3 Å². The first-order valence-corrected chi connectivity index (χ1v) is 10.2. The summed E-state index contributed by atoms with van der Waals surface area (Å²) in [6.07, 6.45) is 7.46. The van der Waals surface area contributed by atoms with Gasteiger partial charge in [0.15, 0.2) is 0 Å². The third-order valence-electron chi connectivity index (χ3n) is 5.35. The van der Waals surface area contributed by atoms with Gasteiger partial charge in [-0.15, -0.1) is 0 Å². The average molecular weight is 357 g/mol. The predicted octanol–water partition coefficient (Wildman–Crippen LogP) is 3.33. The van der Waals surface area contributed by atoms with Crippen molar-refractivity contribution in [1.82, 2.24) is 9.96 Å². The lowest BCUT2D eigenvalue weighted by Crippen LogP contribution is -2.54. The average Bonchev–Trinajstić information content (AvgIpc) is 2.49. The van der Waals surface area contributed by atoms with E-state index in [1.165, 1.54) is 25.7 Å². The minimum atomic E-state index is 0.263. The maximum Gasteiger partial charge on any atom is 0.0879 e. The van der Waals surface area contributed by atoms with E-state index in [0.717, 1.165) is 32.0 Å². The van der Waals surface area contributed by atoms with Crippen LogP contribution in [-0.2, 0) is 14.3 Å². The van der Waals surface area contributed by atoms with Crippen molar-refractivity contribution in [2.45, 2.75) is 90.3 Å². The second-order valence-electron chi connectivity index (χ2n) is 8.54. The van der Waals surface area contributed by atoms with Gasteiger partial charge in [0.1, 0.15) is 0 Å². The Balaban J connectivity index is 1.66. The summed E-state index contributed by atoms with van der Waals surface area (Å²) in [5.41, 5.74) is 0. The minimum absolute atomic E-state index is 0.263. The summed E-state index contributed by atoms with van der Waals surface area (Å²) in [6, 6.07) is 0.623. The van der Waals surface area contributed by atoms with Gasteiger partial charge in [0.2, 0.25) is 0 Å². The highest BCUT2D eigenvalue weighted by atomic mass is 16.7. The molecule has 0 spiro atoms. The van der Waals surface area contributed by atoms with Crippen molar-refractivity contribution in [3.05, 3.63) is 0 Å². The molecule has 148 valence electrons. The van der Waals surface area contributed by atoms with E-state index < -0.39 is 0 Å². The Hall–Kier alpha value is -0.200. The van der Waals surface area contributed by atoms with E-state index in [1.807, 2.05) is 5.06 Å². The molecule has 5 heteroatoms. The molecule has 1 heterocycles. The monoisotopic (exact) mass is 356 g/mol. The summed E-state index contributed by atoms with van der Waals surface area (Å²) in [5, 5.41) is 2.03. The van der Waals surface area contributed by atoms with Crippen molar-refractivity contribution in [2.75, 3.05) is 33.8 Å². The highest BCUT2D eigenvalue weighted by molar-refractivity contribution is 4.84. The van der Waals surface area contributed by atoms with Gasteiger partial charge >= 0.3 is 0 Å². The van der Waals surface area contributed by atoms with Crippen LogP contribution in [0, 0.1) is 5.92 Å². The lowest BCUT2D eigenvalue weighted by molar-refractivity contribution is -0.271. The molecular formula is C20H40N2O3. The summed E-state index contributed by atoms with van der Waals surface area (Å²) >= 11 is 0. The Morgan fingerprint density at radius 2 is 1.56 bits per heavy atom. The molecule has 0 aromatic rings. The van der Waals surface area contributed by atoms with Gasteiger partial charge in [0.05, 0.1) is 37.5 Å². The van der Waals surface area contributed by atoms with Crippen molar-refractivity contribution in [3.8, 4) is 0 Å². The van der Waals surface area contributed by atoms with Crippen LogP contribution in [0.15, 0.2) is 0 Å². The number of ether oxygens (including phenoxy) is 2. The van der Waals surface area contributed by atoms with E-state index in [0.29, 0.717) is 24.4 Å². The zero-order chi connectivity index (χ0) is 18.4.